The number of nitrogens with one attached hydrogen (secondary N) is 1. The van der Waals surface area contributed by atoms with Crippen LogP contribution in [-0.4, -0.2) is 31.5 Å². The second kappa shape index (κ2) is 7.39. The van der Waals surface area contributed by atoms with Crippen molar-refractivity contribution in [3.8, 4) is 0 Å². The highest BCUT2D eigenvalue weighted by molar-refractivity contribution is 5.19. The minimum atomic E-state index is 0.125. The number of hydrogen-bond donors (Lipinski definition) is 2. The van der Waals surface area contributed by atoms with Crippen LogP contribution in [0.4, 0.5) is 0 Å². The van der Waals surface area contributed by atoms with Crippen LogP contribution in [0.25, 0.3) is 0 Å². The van der Waals surface area contributed by atoms with Gasteiger partial charge in [-0.3, -0.25) is 0 Å². The van der Waals surface area contributed by atoms with Gasteiger partial charge in [0.2, 0.25) is 0 Å². The molecule has 2 atom stereocenters. The molecule has 1 aromatic rings. The monoisotopic (exact) mass is 223 g/mol. The third kappa shape index (κ3) is 3.93. The maximum absolute atomic E-state index is 9.19. The molecule has 1 aromatic carbocycles. The van der Waals surface area contributed by atoms with Crippen LogP contribution in [0.15, 0.2) is 30.3 Å². The fraction of sp³-hybridized carbons (Fsp3) is 0.538. The van der Waals surface area contributed by atoms with Gasteiger partial charge in [-0.25, -0.2) is 0 Å². The van der Waals surface area contributed by atoms with Crippen LogP contribution >= 0.6 is 0 Å². The van der Waals surface area contributed by atoms with Crippen molar-refractivity contribution in [2.45, 2.75) is 25.4 Å². The SMILES string of the molecule is CC[C@H](CO)NC(COC)c1ccccc1. The zero-order valence-electron chi connectivity index (χ0n) is 10.0. The maximum Gasteiger partial charge on any atom is 0.0657 e. The summed E-state index contributed by atoms with van der Waals surface area (Å²) < 4.78 is 5.20. The smallest absolute Gasteiger partial charge is 0.0657 e. The van der Waals surface area contributed by atoms with E-state index in [0.717, 1.165) is 6.42 Å². The normalized spacial score (nSPS) is 14.7. The predicted octanol–water partition coefficient (Wildman–Crippen LogP) is 1.73. The molecule has 0 heterocycles. The van der Waals surface area contributed by atoms with E-state index in [0.29, 0.717) is 6.61 Å². The molecule has 0 fully saturated rings. The van der Waals surface area contributed by atoms with Gasteiger partial charge in [-0.2, -0.15) is 0 Å². The van der Waals surface area contributed by atoms with Crippen molar-refractivity contribution in [1.82, 2.24) is 5.32 Å². The van der Waals surface area contributed by atoms with Gasteiger partial charge in [0.15, 0.2) is 0 Å². The molecule has 16 heavy (non-hydrogen) atoms. The number of aliphatic hydroxyl groups is 1. The van der Waals surface area contributed by atoms with Crippen molar-refractivity contribution in [3.05, 3.63) is 35.9 Å². The Hall–Kier alpha value is -0.900. The average Bonchev–Trinajstić information content (AvgIpc) is 2.35. The quantitative estimate of drug-likeness (QED) is 0.739. The van der Waals surface area contributed by atoms with Crippen LogP contribution in [0.1, 0.15) is 24.9 Å². The van der Waals surface area contributed by atoms with Crippen molar-refractivity contribution in [2.24, 2.45) is 0 Å². The second-order valence-corrected chi connectivity index (χ2v) is 3.87. The highest BCUT2D eigenvalue weighted by Gasteiger charge is 2.14. The lowest BCUT2D eigenvalue weighted by Crippen LogP contribution is -2.37. The first-order chi connectivity index (χ1) is 7.81. The summed E-state index contributed by atoms with van der Waals surface area (Å²) in [4.78, 5) is 0. The molecule has 2 N–H and O–H groups in total. The lowest BCUT2D eigenvalue weighted by molar-refractivity contribution is 0.147. The van der Waals surface area contributed by atoms with E-state index in [9.17, 15) is 5.11 Å². The highest BCUT2D eigenvalue weighted by Crippen LogP contribution is 2.14. The third-order valence-electron chi connectivity index (χ3n) is 2.69. The lowest BCUT2D eigenvalue weighted by Gasteiger charge is -2.23. The fourth-order valence-electron chi connectivity index (χ4n) is 1.68. The number of aliphatic hydroxyl groups excluding tert-OH is 1. The molecule has 0 aliphatic rings. The fourth-order valence-corrected chi connectivity index (χ4v) is 1.68. The summed E-state index contributed by atoms with van der Waals surface area (Å²) in [6.07, 6.45) is 0.906. The average molecular weight is 223 g/mol. The molecule has 0 bridgehead atoms. The number of benzene rings is 1. The summed E-state index contributed by atoms with van der Waals surface area (Å²) in [5.74, 6) is 0. The van der Waals surface area contributed by atoms with Gasteiger partial charge >= 0.3 is 0 Å². The summed E-state index contributed by atoms with van der Waals surface area (Å²) in [5.41, 5.74) is 1.19. The molecule has 90 valence electrons. The molecule has 3 heteroatoms. The standard InChI is InChI=1S/C13H21NO2/c1-3-12(9-15)14-13(10-16-2)11-7-5-4-6-8-11/h4-8,12-15H,3,9-10H2,1-2H3/t12-,13?/m1/s1. The topological polar surface area (TPSA) is 41.5 Å². The van der Waals surface area contributed by atoms with Crippen molar-refractivity contribution in [1.29, 1.82) is 0 Å². The van der Waals surface area contributed by atoms with E-state index in [1.807, 2.05) is 18.2 Å². The van der Waals surface area contributed by atoms with E-state index in [1.165, 1.54) is 5.56 Å². The van der Waals surface area contributed by atoms with E-state index in [1.54, 1.807) is 7.11 Å². The van der Waals surface area contributed by atoms with Gasteiger partial charge in [0.25, 0.3) is 0 Å². The Morgan fingerprint density at radius 3 is 2.50 bits per heavy atom. The molecule has 1 rings (SSSR count). The predicted molar refractivity (Wildman–Crippen MR) is 65.4 cm³/mol. The summed E-state index contributed by atoms with van der Waals surface area (Å²) >= 11 is 0. The maximum atomic E-state index is 9.19. The molecule has 3 nitrogen and oxygen atoms in total. The van der Waals surface area contributed by atoms with Crippen LogP contribution < -0.4 is 5.32 Å². The highest BCUT2D eigenvalue weighted by atomic mass is 16.5. The number of methoxy groups -OCH3 is 1. The van der Waals surface area contributed by atoms with E-state index in [-0.39, 0.29) is 18.7 Å². The summed E-state index contributed by atoms with van der Waals surface area (Å²) in [6.45, 7) is 2.83. The van der Waals surface area contributed by atoms with Crippen LogP contribution in [0.3, 0.4) is 0 Å². The summed E-state index contributed by atoms with van der Waals surface area (Å²) in [6, 6.07) is 10.4. The zero-order chi connectivity index (χ0) is 11.8. The molecular formula is C13H21NO2. The molecule has 0 aliphatic heterocycles. The molecule has 0 radical (unpaired) electrons. The van der Waals surface area contributed by atoms with Gasteiger partial charge in [0, 0.05) is 13.2 Å². The Bertz CT molecular complexity index is 273. The molecule has 1 unspecified atom stereocenters. The summed E-state index contributed by atoms with van der Waals surface area (Å²) in [7, 11) is 1.69. The van der Waals surface area contributed by atoms with E-state index < -0.39 is 0 Å². The largest absolute Gasteiger partial charge is 0.395 e. The van der Waals surface area contributed by atoms with E-state index in [4.69, 9.17) is 4.74 Å². The first-order valence-corrected chi connectivity index (χ1v) is 5.72. The first kappa shape index (κ1) is 13.2. The first-order valence-electron chi connectivity index (χ1n) is 5.72. The van der Waals surface area contributed by atoms with Gasteiger partial charge in [0.1, 0.15) is 0 Å². The van der Waals surface area contributed by atoms with Gasteiger partial charge in [0.05, 0.1) is 19.3 Å². The Morgan fingerprint density at radius 1 is 1.31 bits per heavy atom. The Balaban J connectivity index is 2.67. The van der Waals surface area contributed by atoms with Crippen LogP contribution in [-0.2, 0) is 4.74 Å². The van der Waals surface area contributed by atoms with Crippen LogP contribution in [0.5, 0.6) is 0 Å². The van der Waals surface area contributed by atoms with Crippen molar-refractivity contribution < 1.29 is 9.84 Å². The number of rotatable bonds is 7. The number of hydrogen-bond acceptors (Lipinski definition) is 3. The van der Waals surface area contributed by atoms with Crippen molar-refractivity contribution in [3.63, 3.8) is 0 Å². The zero-order valence-corrected chi connectivity index (χ0v) is 10.0. The Morgan fingerprint density at radius 2 is 2.00 bits per heavy atom. The second-order valence-electron chi connectivity index (χ2n) is 3.87. The Kier molecular flexibility index (Phi) is 6.08. The van der Waals surface area contributed by atoms with Crippen LogP contribution in [0.2, 0.25) is 0 Å². The van der Waals surface area contributed by atoms with Crippen molar-refractivity contribution in [2.75, 3.05) is 20.3 Å². The van der Waals surface area contributed by atoms with Crippen molar-refractivity contribution >= 4 is 0 Å². The molecule has 0 amide bonds. The number of ether oxygens (including phenoxy) is 1. The molecule has 0 aliphatic carbocycles. The molecule has 0 saturated carbocycles. The van der Waals surface area contributed by atoms with Gasteiger partial charge in [-0.1, -0.05) is 37.3 Å². The lowest BCUT2D eigenvalue weighted by atomic mass is 10.1. The molecule has 0 saturated heterocycles. The third-order valence-corrected chi connectivity index (χ3v) is 2.69. The summed E-state index contributed by atoms with van der Waals surface area (Å²) in [5, 5.41) is 12.6. The van der Waals surface area contributed by atoms with Gasteiger partial charge in [-0.15, -0.1) is 0 Å². The van der Waals surface area contributed by atoms with E-state index >= 15 is 0 Å². The molecule has 0 aromatic heterocycles. The Labute approximate surface area is 97.4 Å². The van der Waals surface area contributed by atoms with Gasteiger partial charge in [-0.05, 0) is 12.0 Å². The van der Waals surface area contributed by atoms with E-state index in [2.05, 4.69) is 24.4 Å². The van der Waals surface area contributed by atoms with Crippen LogP contribution in [0, 0.1) is 0 Å². The minimum absolute atomic E-state index is 0.125. The molecule has 0 spiro atoms. The molecular weight excluding hydrogens is 202 g/mol. The van der Waals surface area contributed by atoms with Gasteiger partial charge < -0.3 is 15.2 Å². The minimum Gasteiger partial charge on any atom is -0.395 e.